The van der Waals surface area contributed by atoms with Gasteiger partial charge in [-0.05, 0) is 51.4 Å². The van der Waals surface area contributed by atoms with E-state index in [0.717, 1.165) is 24.7 Å². The lowest BCUT2D eigenvalue weighted by Crippen LogP contribution is -2.45. The molecule has 0 amide bonds. The Kier molecular flexibility index (Phi) is 7.62. The molecule has 0 aliphatic rings. The maximum absolute atomic E-state index is 5.54. The SMILES string of the molecule is CN=C(NCC(c1ccco1)N(C)C)NC(C)CCC(C)(C)C. The molecule has 0 saturated heterocycles. The van der Waals surface area contributed by atoms with E-state index in [0.29, 0.717) is 11.5 Å². The van der Waals surface area contributed by atoms with Crippen molar-refractivity contribution in [1.82, 2.24) is 15.5 Å². The van der Waals surface area contributed by atoms with Crippen LogP contribution in [-0.4, -0.2) is 44.6 Å². The smallest absolute Gasteiger partial charge is 0.191 e. The van der Waals surface area contributed by atoms with Gasteiger partial charge in [0.15, 0.2) is 5.96 Å². The molecule has 0 aromatic carbocycles. The molecule has 2 unspecified atom stereocenters. The Morgan fingerprint density at radius 1 is 1.35 bits per heavy atom. The number of furan rings is 1. The Balaban J connectivity index is 2.49. The van der Waals surface area contributed by atoms with Crippen molar-refractivity contribution in [3.05, 3.63) is 24.2 Å². The van der Waals surface area contributed by atoms with Crippen LogP contribution in [0.5, 0.6) is 0 Å². The van der Waals surface area contributed by atoms with E-state index in [1.807, 2.05) is 19.2 Å². The van der Waals surface area contributed by atoms with Crippen molar-refractivity contribution in [3.63, 3.8) is 0 Å². The summed E-state index contributed by atoms with van der Waals surface area (Å²) in [6, 6.07) is 4.50. The van der Waals surface area contributed by atoms with Gasteiger partial charge in [0, 0.05) is 19.6 Å². The van der Waals surface area contributed by atoms with Gasteiger partial charge in [-0.1, -0.05) is 20.8 Å². The molecule has 0 spiro atoms. The summed E-state index contributed by atoms with van der Waals surface area (Å²) in [5.41, 5.74) is 0.363. The van der Waals surface area contributed by atoms with Gasteiger partial charge in [-0.3, -0.25) is 9.89 Å². The normalized spacial score (nSPS) is 15.6. The maximum Gasteiger partial charge on any atom is 0.191 e. The number of nitrogens with zero attached hydrogens (tertiary/aromatic N) is 2. The molecule has 0 saturated carbocycles. The summed E-state index contributed by atoms with van der Waals surface area (Å²) < 4.78 is 5.54. The van der Waals surface area contributed by atoms with E-state index in [2.05, 4.69) is 62.3 Å². The van der Waals surface area contributed by atoms with Crippen molar-refractivity contribution in [2.24, 2.45) is 10.4 Å². The Labute approximate surface area is 141 Å². The summed E-state index contributed by atoms with van der Waals surface area (Å²) in [5.74, 6) is 1.79. The minimum atomic E-state index is 0.174. The second-order valence-electron chi connectivity index (χ2n) is 7.59. The molecule has 5 nitrogen and oxygen atoms in total. The topological polar surface area (TPSA) is 52.8 Å². The molecule has 0 aliphatic heterocycles. The zero-order chi connectivity index (χ0) is 17.5. The molecule has 23 heavy (non-hydrogen) atoms. The van der Waals surface area contributed by atoms with Gasteiger partial charge in [-0.2, -0.15) is 0 Å². The van der Waals surface area contributed by atoms with Crippen LogP contribution in [0.3, 0.4) is 0 Å². The predicted octanol–water partition coefficient (Wildman–Crippen LogP) is 3.26. The van der Waals surface area contributed by atoms with Gasteiger partial charge >= 0.3 is 0 Å². The van der Waals surface area contributed by atoms with E-state index < -0.39 is 0 Å². The molecule has 0 radical (unpaired) electrons. The number of rotatable bonds is 7. The van der Waals surface area contributed by atoms with Crippen molar-refractivity contribution in [2.75, 3.05) is 27.7 Å². The van der Waals surface area contributed by atoms with Gasteiger partial charge in [-0.25, -0.2) is 0 Å². The largest absolute Gasteiger partial charge is 0.468 e. The van der Waals surface area contributed by atoms with Crippen molar-refractivity contribution >= 4 is 5.96 Å². The molecule has 0 aliphatic carbocycles. The zero-order valence-electron chi connectivity index (χ0n) is 15.8. The van der Waals surface area contributed by atoms with Crippen molar-refractivity contribution < 1.29 is 4.42 Å². The molecular weight excluding hydrogens is 288 g/mol. The lowest BCUT2D eigenvalue weighted by Gasteiger charge is -2.26. The summed E-state index contributed by atoms with van der Waals surface area (Å²) in [7, 11) is 5.91. The molecule has 2 N–H and O–H groups in total. The fourth-order valence-corrected chi connectivity index (χ4v) is 2.36. The van der Waals surface area contributed by atoms with Crippen LogP contribution >= 0.6 is 0 Å². The molecule has 1 aromatic rings. The van der Waals surface area contributed by atoms with Gasteiger partial charge in [0.25, 0.3) is 0 Å². The molecular formula is C18H34N4O. The summed E-state index contributed by atoms with van der Waals surface area (Å²) in [5, 5.41) is 6.87. The molecule has 132 valence electrons. The first-order valence-corrected chi connectivity index (χ1v) is 8.40. The van der Waals surface area contributed by atoms with E-state index in [1.165, 1.54) is 6.42 Å². The van der Waals surface area contributed by atoms with Gasteiger partial charge in [-0.15, -0.1) is 0 Å². The second kappa shape index (κ2) is 8.96. The van der Waals surface area contributed by atoms with Crippen LogP contribution in [0.1, 0.15) is 52.3 Å². The highest BCUT2D eigenvalue weighted by molar-refractivity contribution is 5.79. The summed E-state index contributed by atoms with van der Waals surface area (Å²) >= 11 is 0. The van der Waals surface area contributed by atoms with Crippen molar-refractivity contribution in [3.8, 4) is 0 Å². The fourth-order valence-electron chi connectivity index (χ4n) is 2.36. The van der Waals surface area contributed by atoms with Crippen molar-refractivity contribution in [1.29, 1.82) is 0 Å². The van der Waals surface area contributed by atoms with E-state index in [-0.39, 0.29) is 6.04 Å². The third kappa shape index (κ3) is 7.55. The minimum absolute atomic E-state index is 0.174. The highest BCUT2D eigenvalue weighted by Crippen LogP contribution is 2.21. The van der Waals surface area contributed by atoms with Crippen LogP contribution in [0.15, 0.2) is 27.8 Å². The number of aliphatic imine (C=N–C) groups is 1. The Bertz CT molecular complexity index is 460. The number of hydrogen-bond acceptors (Lipinski definition) is 3. The molecule has 1 rings (SSSR count). The monoisotopic (exact) mass is 322 g/mol. The minimum Gasteiger partial charge on any atom is -0.468 e. The zero-order valence-corrected chi connectivity index (χ0v) is 15.8. The lowest BCUT2D eigenvalue weighted by molar-refractivity contribution is 0.257. The first-order valence-electron chi connectivity index (χ1n) is 8.40. The number of hydrogen-bond donors (Lipinski definition) is 2. The second-order valence-corrected chi connectivity index (χ2v) is 7.59. The first kappa shape index (κ1) is 19.6. The van der Waals surface area contributed by atoms with Gasteiger partial charge in [0.2, 0.25) is 0 Å². The van der Waals surface area contributed by atoms with E-state index in [4.69, 9.17) is 4.42 Å². The highest BCUT2D eigenvalue weighted by atomic mass is 16.3. The quantitative estimate of drug-likeness (QED) is 0.597. The van der Waals surface area contributed by atoms with Crippen LogP contribution in [0.25, 0.3) is 0 Å². The third-order valence-electron chi connectivity index (χ3n) is 3.89. The predicted molar refractivity (Wildman–Crippen MR) is 97.8 cm³/mol. The average Bonchev–Trinajstić information content (AvgIpc) is 2.97. The number of likely N-dealkylation sites (N-methyl/N-ethyl adjacent to an activating group) is 1. The van der Waals surface area contributed by atoms with Crippen LogP contribution in [-0.2, 0) is 0 Å². The number of guanidine groups is 1. The van der Waals surface area contributed by atoms with E-state index in [1.54, 1.807) is 6.26 Å². The van der Waals surface area contributed by atoms with Crippen LogP contribution in [0.4, 0.5) is 0 Å². The van der Waals surface area contributed by atoms with Crippen LogP contribution in [0.2, 0.25) is 0 Å². The van der Waals surface area contributed by atoms with Gasteiger partial charge < -0.3 is 15.1 Å². The summed E-state index contributed by atoms with van der Waals surface area (Å²) in [6.45, 7) is 9.77. The summed E-state index contributed by atoms with van der Waals surface area (Å²) in [4.78, 5) is 6.47. The van der Waals surface area contributed by atoms with Crippen LogP contribution < -0.4 is 10.6 Å². The Morgan fingerprint density at radius 3 is 2.52 bits per heavy atom. The molecule has 0 bridgehead atoms. The highest BCUT2D eigenvalue weighted by Gasteiger charge is 2.18. The summed E-state index contributed by atoms with van der Waals surface area (Å²) in [6.07, 6.45) is 4.03. The molecule has 5 heteroatoms. The third-order valence-corrected chi connectivity index (χ3v) is 3.89. The van der Waals surface area contributed by atoms with E-state index in [9.17, 15) is 0 Å². The fraction of sp³-hybridized carbons (Fsp3) is 0.722. The van der Waals surface area contributed by atoms with Gasteiger partial charge in [0.05, 0.1) is 12.3 Å². The van der Waals surface area contributed by atoms with Crippen molar-refractivity contribution in [2.45, 2.75) is 52.6 Å². The lowest BCUT2D eigenvalue weighted by atomic mass is 9.89. The average molecular weight is 322 g/mol. The maximum atomic E-state index is 5.54. The van der Waals surface area contributed by atoms with Gasteiger partial charge in [0.1, 0.15) is 5.76 Å². The Morgan fingerprint density at radius 2 is 2.04 bits per heavy atom. The molecule has 2 atom stereocenters. The molecule has 1 heterocycles. The number of nitrogens with one attached hydrogen (secondary N) is 2. The first-order chi connectivity index (χ1) is 10.7. The standard InChI is InChI=1S/C18H34N4O/c1-14(10-11-18(2,3)4)21-17(19-5)20-13-15(22(6)7)16-9-8-12-23-16/h8-9,12,14-15H,10-11,13H2,1-7H3,(H2,19,20,21). The van der Waals surface area contributed by atoms with E-state index >= 15 is 0 Å². The molecule has 0 fully saturated rings. The van der Waals surface area contributed by atoms with Crippen LogP contribution in [0, 0.1) is 5.41 Å². The molecule has 1 aromatic heterocycles. The Hall–Kier alpha value is -1.49.